The van der Waals surface area contributed by atoms with Crippen molar-refractivity contribution in [3.8, 4) is 0 Å². The number of rotatable bonds is 5. The van der Waals surface area contributed by atoms with E-state index in [2.05, 4.69) is 15.5 Å². The van der Waals surface area contributed by atoms with Crippen molar-refractivity contribution in [3.05, 3.63) is 59.6 Å². The van der Waals surface area contributed by atoms with Crippen molar-refractivity contribution in [3.63, 3.8) is 0 Å². The van der Waals surface area contributed by atoms with E-state index in [0.717, 1.165) is 28.6 Å². The minimum Gasteiger partial charge on any atom is -0.361 e. The summed E-state index contributed by atoms with van der Waals surface area (Å²) in [6.07, 6.45) is 3.37. The molecule has 2 aromatic heterocycles. The van der Waals surface area contributed by atoms with Gasteiger partial charge in [-0.1, -0.05) is 23.4 Å². The number of aryl methyl sites for hydroxylation is 1. The van der Waals surface area contributed by atoms with E-state index in [1.807, 2.05) is 37.3 Å². The summed E-state index contributed by atoms with van der Waals surface area (Å²) in [4.78, 5) is 31.3. The van der Waals surface area contributed by atoms with Crippen LogP contribution in [0.5, 0.6) is 0 Å². The van der Waals surface area contributed by atoms with Gasteiger partial charge in [-0.15, -0.1) is 0 Å². The summed E-state index contributed by atoms with van der Waals surface area (Å²) in [5.41, 5.74) is 2.62. The Morgan fingerprint density at radius 3 is 3.00 bits per heavy atom. The summed E-state index contributed by atoms with van der Waals surface area (Å²) in [5.74, 6) is 0.293. The minimum absolute atomic E-state index is 0.108. The first-order chi connectivity index (χ1) is 13.6. The molecule has 1 aliphatic heterocycles. The quantitative estimate of drug-likeness (QED) is 0.736. The summed E-state index contributed by atoms with van der Waals surface area (Å²) in [6.45, 7) is 2.81. The summed E-state index contributed by atoms with van der Waals surface area (Å²) in [7, 11) is 0. The van der Waals surface area contributed by atoms with E-state index in [4.69, 9.17) is 4.52 Å². The maximum atomic E-state index is 12.7. The molecule has 28 heavy (non-hydrogen) atoms. The van der Waals surface area contributed by atoms with Crippen LogP contribution >= 0.6 is 0 Å². The predicted octanol–water partition coefficient (Wildman–Crippen LogP) is 2.38. The van der Waals surface area contributed by atoms with E-state index >= 15 is 0 Å². The van der Waals surface area contributed by atoms with Gasteiger partial charge < -0.3 is 14.7 Å². The molecule has 144 valence electrons. The third kappa shape index (κ3) is 3.88. The zero-order valence-corrected chi connectivity index (χ0v) is 15.7. The van der Waals surface area contributed by atoms with Gasteiger partial charge in [0, 0.05) is 30.7 Å². The number of fused-ring (bicyclic) bond motifs is 1. The lowest BCUT2D eigenvalue weighted by atomic mass is 10.1. The highest BCUT2D eigenvalue weighted by atomic mass is 16.5. The minimum atomic E-state index is -0.435. The van der Waals surface area contributed by atoms with Crippen molar-refractivity contribution in [2.24, 2.45) is 0 Å². The fourth-order valence-corrected chi connectivity index (χ4v) is 3.62. The fraction of sp³-hybridized carbons (Fsp3) is 0.333. The molecule has 1 atom stereocenters. The number of nitrogens with one attached hydrogen (secondary N) is 1. The summed E-state index contributed by atoms with van der Waals surface area (Å²) < 4.78 is 5.13. The average Bonchev–Trinajstić information content (AvgIpc) is 3.35. The average molecular weight is 378 g/mol. The predicted molar refractivity (Wildman–Crippen MR) is 103 cm³/mol. The molecule has 0 radical (unpaired) electrons. The molecule has 0 bridgehead atoms. The molecule has 1 unspecified atom stereocenters. The zero-order chi connectivity index (χ0) is 19.5. The number of aromatic nitrogens is 2. The Hall–Kier alpha value is -3.22. The van der Waals surface area contributed by atoms with Crippen LogP contribution in [0, 0.1) is 6.92 Å². The van der Waals surface area contributed by atoms with Crippen molar-refractivity contribution in [2.45, 2.75) is 38.8 Å². The summed E-state index contributed by atoms with van der Waals surface area (Å²) in [5, 5.41) is 7.83. The summed E-state index contributed by atoms with van der Waals surface area (Å²) in [6, 6.07) is 11.2. The Kier molecular flexibility index (Phi) is 5.06. The number of hydrogen-bond donors (Lipinski definition) is 1. The van der Waals surface area contributed by atoms with E-state index in [-0.39, 0.29) is 18.2 Å². The Labute approximate surface area is 162 Å². The van der Waals surface area contributed by atoms with Gasteiger partial charge in [-0.3, -0.25) is 14.6 Å². The Morgan fingerprint density at radius 2 is 2.18 bits per heavy atom. The number of benzene rings is 1. The highest BCUT2D eigenvalue weighted by Gasteiger charge is 2.34. The van der Waals surface area contributed by atoms with Gasteiger partial charge in [-0.05, 0) is 37.5 Å². The van der Waals surface area contributed by atoms with Gasteiger partial charge in [0.25, 0.3) is 0 Å². The zero-order valence-electron chi connectivity index (χ0n) is 15.7. The van der Waals surface area contributed by atoms with Gasteiger partial charge in [0.15, 0.2) is 0 Å². The molecule has 1 aromatic carbocycles. The highest BCUT2D eigenvalue weighted by molar-refractivity contribution is 5.89. The molecular formula is C21H22N4O3. The second kappa shape index (κ2) is 7.80. The first-order valence-corrected chi connectivity index (χ1v) is 9.43. The number of likely N-dealkylation sites (tertiary alicyclic amines) is 1. The number of pyridine rings is 1. The monoisotopic (exact) mass is 378 g/mol. The molecule has 1 N–H and O–H groups in total. The number of carbonyl (C=O) groups is 2. The van der Waals surface area contributed by atoms with Crippen molar-refractivity contribution in [1.82, 2.24) is 20.4 Å². The molecule has 1 fully saturated rings. The molecule has 2 amide bonds. The van der Waals surface area contributed by atoms with Crippen LogP contribution in [0.15, 0.2) is 47.1 Å². The number of nitrogens with zero attached hydrogens (tertiary/aromatic N) is 3. The van der Waals surface area contributed by atoms with Gasteiger partial charge in [0.05, 0.1) is 17.6 Å². The number of hydrogen-bond acceptors (Lipinski definition) is 5. The maximum Gasteiger partial charge on any atom is 0.243 e. The third-order valence-corrected chi connectivity index (χ3v) is 5.02. The van der Waals surface area contributed by atoms with Crippen LogP contribution < -0.4 is 5.32 Å². The molecule has 4 rings (SSSR count). The molecule has 7 nitrogen and oxygen atoms in total. The highest BCUT2D eigenvalue weighted by Crippen LogP contribution is 2.20. The first kappa shape index (κ1) is 18.2. The van der Waals surface area contributed by atoms with Crippen molar-refractivity contribution >= 4 is 22.7 Å². The van der Waals surface area contributed by atoms with Crippen LogP contribution in [0.1, 0.15) is 29.9 Å². The van der Waals surface area contributed by atoms with E-state index in [0.29, 0.717) is 25.3 Å². The van der Waals surface area contributed by atoms with E-state index < -0.39 is 6.04 Å². The lowest BCUT2D eigenvalue weighted by molar-refractivity contribution is -0.138. The number of amides is 2. The van der Waals surface area contributed by atoms with Crippen LogP contribution in [-0.2, 0) is 22.6 Å². The summed E-state index contributed by atoms with van der Waals surface area (Å²) >= 11 is 0. The largest absolute Gasteiger partial charge is 0.361 e. The van der Waals surface area contributed by atoms with Crippen molar-refractivity contribution in [2.75, 3.05) is 6.54 Å². The lowest BCUT2D eigenvalue weighted by Crippen LogP contribution is -2.46. The molecule has 0 aliphatic carbocycles. The molecule has 0 spiro atoms. The second-order valence-electron chi connectivity index (χ2n) is 7.10. The van der Waals surface area contributed by atoms with E-state index in [9.17, 15) is 9.59 Å². The van der Waals surface area contributed by atoms with Gasteiger partial charge in [0.2, 0.25) is 11.8 Å². The van der Waals surface area contributed by atoms with Gasteiger partial charge in [-0.25, -0.2) is 0 Å². The number of carbonyl (C=O) groups excluding carboxylic acids is 2. The van der Waals surface area contributed by atoms with Crippen LogP contribution in [0.4, 0.5) is 0 Å². The fourth-order valence-electron chi connectivity index (χ4n) is 3.62. The smallest absolute Gasteiger partial charge is 0.243 e. The molecule has 3 heterocycles. The van der Waals surface area contributed by atoms with Crippen molar-refractivity contribution < 1.29 is 14.1 Å². The molecule has 1 aliphatic rings. The topological polar surface area (TPSA) is 88.3 Å². The second-order valence-corrected chi connectivity index (χ2v) is 7.10. The van der Waals surface area contributed by atoms with Crippen molar-refractivity contribution in [1.29, 1.82) is 0 Å². The Morgan fingerprint density at radius 1 is 1.29 bits per heavy atom. The SMILES string of the molecule is Cc1cc(CC(=O)N2CCCC2C(=O)NCc2ccc3cccnc3c2)on1. The Balaban J connectivity index is 1.38. The van der Waals surface area contributed by atoms with E-state index in [1.165, 1.54) is 0 Å². The normalized spacial score (nSPS) is 16.5. The van der Waals surface area contributed by atoms with Gasteiger partial charge in [-0.2, -0.15) is 0 Å². The first-order valence-electron chi connectivity index (χ1n) is 9.43. The standard InChI is InChI=1S/C21H22N4O3/c1-14-10-17(28-24-14)12-20(26)25-9-3-5-19(25)21(27)23-13-15-6-7-16-4-2-8-22-18(16)11-15/h2,4,6-8,10-11,19H,3,5,9,12-13H2,1H3,(H,23,27). The molecule has 1 saturated heterocycles. The molecule has 7 heteroatoms. The van der Waals surface area contributed by atoms with Gasteiger partial charge >= 0.3 is 0 Å². The van der Waals surface area contributed by atoms with Crippen LogP contribution in [0.25, 0.3) is 10.9 Å². The lowest BCUT2D eigenvalue weighted by Gasteiger charge is -2.23. The third-order valence-electron chi connectivity index (χ3n) is 5.02. The molecule has 0 saturated carbocycles. The Bertz CT molecular complexity index is 1010. The van der Waals surface area contributed by atoms with Crippen LogP contribution in [0.3, 0.4) is 0 Å². The van der Waals surface area contributed by atoms with Crippen LogP contribution in [0.2, 0.25) is 0 Å². The van der Waals surface area contributed by atoms with Gasteiger partial charge in [0.1, 0.15) is 11.8 Å². The molecule has 3 aromatic rings. The van der Waals surface area contributed by atoms with Crippen LogP contribution in [-0.4, -0.2) is 39.4 Å². The maximum absolute atomic E-state index is 12.7. The molecular weight excluding hydrogens is 356 g/mol. The van der Waals surface area contributed by atoms with E-state index in [1.54, 1.807) is 17.2 Å².